The smallest absolute Gasteiger partial charge is 0.270 e. The monoisotopic (exact) mass is 353 g/mol. The maximum atomic E-state index is 12.3. The van der Waals surface area contributed by atoms with Gasteiger partial charge < -0.3 is 14.0 Å². The lowest BCUT2D eigenvalue weighted by molar-refractivity contribution is -0.122. The van der Waals surface area contributed by atoms with Gasteiger partial charge in [0.15, 0.2) is 17.6 Å². The number of carbonyl (C=O) groups excluding carboxylic acids is 1. The Morgan fingerprint density at radius 1 is 1.15 bits per heavy atom. The molecule has 0 bridgehead atoms. The van der Waals surface area contributed by atoms with E-state index < -0.39 is 12.0 Å². The molecule has 0 spiro atoms. The lowest BCUT2D eigenvalue weighted by Crippen LogP contribution is -2.30. The van der Waals surface area contributed by atoms with Gasteiger partial charge in [0.1, 0.15) is 0 Å². The molecule has 1 heterocycles. The number of hydrogen-bond donors (Lipinski definition) is 1. The summed E-state index contributed by atoms with van der Waals surface area (Å²) < 4.78 is 16.1. The Balaban J connectivity index is 1.66. The third kappa shape index (κ3) is 4.00. The molecule has 7 nitrogen and oxygen atoms in total. The third-order valence-corrected chi connectivity index (χ3v) is 3.67. The van der Waals surface area contributed by atoms with Crippen molar-refractivity contribution < 1.29 is 18.8 Å². The largest absolute Gasteiger partial charge is 0.493 e. The fraction of sp³-hybridized carbons (Fsp3) is 0.211. The van der Waals surface area contributed by atoms with Crippen LogP contribution in [0.25, 0.3) is 11.5 Å². The molecule has 26 heavy (non-hydrogen) atoms. The topological polar surface area (TPSA) is 86.5 Å². The molecule has 0 fully saturated rings. The average Bonchev–Trinajstić information content (AvgIpc) is 3.10. The summed E-state index contributed by atoms with van der Waals surface area (Å²) in [6.07, 6.45) is -0.771. The molecule has 3 rings (SSSR count). The molecule has 1 amide bonds. The zero-order valence-corrected chi connectivity index (χ0v) is 14.7. The van der Waals surface area contributed by atoms with Crippen LogP contribution in [-0.2, 0) is 4.79 Å². The Morgan fingerprint density at radius 2 is 1.92 bits per heavy atom. The number of methoxy groups -OCH3 is 1. The molecule has 0 aliphatic heterocycles. The van der Waals surface area contributed by atoms with Crippen molar-refractivity contribution in [3.63, 3.8) is 0 Å². The summed E-state index contributed by atoms with van der Waals surface area (Å²) in [5, 5.41) is 6.37. The number of nitrogens with one attached hydrogen (secondary N) is 1. The van der Waals surface area contributed by atoms with E-state index in [1.54, 1.807) is 32.2 Å². The van der Waals surface area contributed by atoms with Gasteiger partial charge in [-0.2, -0.15) is 4.98 Å². The first-order valence-corrected chi connectivity index (χ1v) is 8.08. The van der Waals surface area contributed by atoms with Crippen LogP contribution >= 0.6 is 0 Å². The van der Waals surface area contributed by atoms with E-state index >= 15 is 0 Å². The van der Waals surface area contributed by atoms with Gasteiger partial charge in [-0.3, -0.25) is 10.1 Å². The first kappa shape index (κ1) is 17.5. The minimum Gasteiger partial charge on any atom is -0.493 e. The van der Waals surface area contributed by atoms with Crippen molar-refractivity contribution in [2.24, 2.45) is 0 Å². The quantitative estimate of drug-likeness (QED) is 0.730. The highest BCUT2D eigenvalue weighted by Gasteiger charge is 2.19. The van der Waals surface area contributed by atoms with Gasteiger partial charge in [-0.05, 0) is 43.3 Å². The van der Waals surface area contributed by atoms with E-state index in [-0.39, 0.29) is 5.95 Å². The minimum absolute atomic E-state index is 0.0852. The zero-order valence-electron chi connectivity index (χ0n) is 14.7. The highest BCUT2D eigenvalue weighted by molar-refractivity contribution is 5.92. The number of aryl methyl sites for hydroxylation is 1. The molecule has 134 valence electrons. The van der Waals surface area contributed by atoms with Crippen LogP contribution in [0.5, 0.6) is 11.5 Å². The highest BCUT2D eigenvalue weighted by Crippen LogP contribution is 2.27. The number of carbonyl (C=O) groups is 1. The molecule has 3 aromatic rings. The van der Waals surface area contributed by atoms with Crippen molar-refractivity contribution >= 4 is 11.9 Å². The van der Waals surface area contributed by atoms with E-state index in [2.05, 4.69) is 15.5 Å². The van der Waals surface area contributed by atoms with Crippen LogP contribution in [0.2, 0.25) is 0 Å². The summed E-state index contributed by atoms with van der Waals surface area (Å²) in [5.41, 5.74) is 1.86. The van der Waals surface area contributed by atoms with Gasteiger partial charge in [-0.25, -0.2) is 0 Å². The number of nitrogens with zero attached hydrogens (tertiary/aromatic N) is 2. The molecule has 1 N–H and O–H groups in total. The van der Waals surface area contributed by atoms with Gasteiger partial charge in [0.25, 0.3) is 17.7 Å². The Bertz CT molecular complexity index is 907. The molecule has 2 aromatic carbocycles. The molecule has 0 saturated carbocycles. The van der Waals surface area contributed by atoms with Crippen molar-refractivity contribution in [1.29, 1.82) is 0 Å². The van der Waals surface area contributed by atoms with Gasteiger partial charge in [0.05, 0.1) is 7.11 Å². The summed E-state index contributed by atoms with van der Waals surface area (Å²) in [7, 11) is 1.54. The van der Waals surface area contributed by atoms with E-state index in [1.165, 1.54) is 0 Å². The number of aromatic nitrogens is 2. The Morgan fingerprint density at radius 3 is 2.65 bits per heavy atom. The number of benzene rings is 2. The zero-order chi connectivity index (χ0) is 18.5. The number of para-hydroxylation sites is 2. The van der Waals surface area contributed by atoms with Crippen LogP contribution in [-0.4, -0.2) is 29.3 Å². The van der Waals surface area contributed by atoms with E-state index in [1.807, 2.05) is 37.3 Å². The summed E-state index contributed by atoms with van der Waals surface area (Å²) >= 11 is 0. The summed E-state index contributed by atoms with van der Waals surface area (Å²) in [6, 6.07) is 14.8. The Hall–Kier alpha value is -3.35. The lowest BCUT2D eigenvalue weighted by atomic mass is 10.1. The van der Waals surface area contributed by atoms with Crippen LogP contribution < -0.4 is 14.8 Å². The first-order valence-electron chi connectivity index (χ1n) is 8.08. The number of amides is 1. The Kier molecular flexibility index (Phi) is 5.17. The number of ether oxygens (including phenoxy) is 2. The molecule has 1 atom stereocenters. The van der Waals surface area contributed by atoms with E-state index in [4.69, 9.17) is 14.0 Å². The summed E-state index contributed by atoms with van der Waals surface area (Å²) in [6.45, 7) is 3.60. The fourth-order valence-electron chi connectivity index (χ4n) is 2.34. The number of hydrogen-bond acceptors (Lipinski definition) is 6. The highest BCUT2D eigenvalue weighted by atomic mass is 16.5. The molecule has 0 unspecified atom stereocenters. The minimum atomic E-state index is -0.771. The molecular formula is C19H19N3O4. The summed E-state index contributed by atoms with van der Waals surface area (Å²) in [4.78, 5) is 16.5. The summed E-state index contributed by atoms with van der Waals surface area (Å²) in [5.74, 6) is 1.05. The van der Waals surface area contributed by atoms with Crippen molar-refractivity contribution in [2.75, 3.05) is 12.4 Å². The third-order valence-electron chi connectivity index (χ3n) is 3.67. The maximum Gasteiger partial charge on any atom is 0.270 e. The van der Waals surface area contributed by atoms with Crippen LogP contribution in [0.1, 0.15) is 12.5 Å². The van der Waals surface area contributed by atoms with Crippen molar-refractivity contribution in [2.45, 2.75) is 20.0 Å². The second-order valence-corrected chi connectivity index (χ2v) is 5.69. The van der Waals surface area contributed by atoms with Crippen LogP contribution in [0.3, 0.4) is 0 Å². The van der Waals surface area contributed by atoms with Crippen LogP contribution in [0, 0.1) is 6.92 Å². The molecular weight excluding hydrogens is 334 g/mol. The second kappa shape index (κ2) is 7.69. The fourth-order valence-corrected chi connectivity index (χ4v) is 2.34. The predicted molar refractivity (Wildman–Crippen MR) is 96.2 cm³/mol. The predicted octanol–water partition coefficient (Wildman–Crippen LogP) is 3.46. The van der Waals surface area contributed by atoms with E-state index in [0.717, 1.165) is 11.1 Å². The van der Waals surface area contributed by atoms with Gasteiger partial charge in [0.2, 0.25) is 0 Å². The SMILES string of the molecule is COc1ccccc1O[C@@H](C)C(=O)Nc1noc(-c2cccc(C)c2)n1. The lowest BCUT2D eigenvalue weighted by Gasteiger charge is -2.15. The molecule has 0 saturated heterocycles. The number of rotatable bonds is 6. The van der Waals surface area contributed by atoms with Crippen molar-refractivity contribution in [3.8, 4) is 23.0 Å². The van der Waals surface area contributed by atoms with E-state index in [0.29, 0.717) is 17.4 Å². The standard InChI is InChI=1S/C19H19N3O4/c1-12-7-6-8-14(11-12)18-21-19(22-26-18)20-17(23)13(2)25-16-10-5-4-9-15(16)24-3/h4-11,13H,1-3H3,(H,20,22,23)/t13-/m0/s1. The molecule has 0 aliphatic carbocycles. The van der Waals surface area contributed by atoms with Gasteiger partial charge in [-0.15, -0.1) is 0 Å². The van der Waals surface area contributed by atoms with Gasteiger partial charge in [-0.1, -0.05) is 29.8 Å². The molecule has 0 radical (unpaired) electrons. The van der Waals surface area contributed by atoms with Crippen LogP contribution in [0.4, 0.5) is 5.95 Å². The van der Waals surface area contributed by atoms with Crippen LogP contribution in [0.15, 0.2) is 53.1 Å². The first-order chi connectivity index (χ1) is 12.6. The van der Waals surface area contributed by atoms with Crippen molar-refractivity contribution in [1.82, 2.24) is 10.1 Å². The normalized spacial score (nSPS) is 11.7. The van der Waals surface area contributed by atoms with E-state index in [9.17, 15) is 4.79 Å². The van der Waals surface area contributed by atoms with Gasteiger partial charge in [0, 0.05) is 5.56 Å². The average molecular weight is 353 g/mol. The number of anilines is 1. The van der Waals surface area contributed by atoms with Gasteiger partial charge >= 0.3 is 0 Å². The van der Waals surface area contributed by atoms with Crippen molar-refractivity contribution in [3.05, 3.63) is 54.1 Å². The molecule has 7 heteroatoms. The maximum absolute atomic E-state index is 12.3. The Labute approximate surface area is 150 Å². The molecule has 0 aliphatic rings. The second-order valence-electron chi connectivity index (χ2n) is 5.69. The molecule has 1 aromatic heterocycles.